The minimum atomic E-state index is -1.17. The third-order valence-electron chi connectivity index (χ3n) is 2.96. The molecule has 1 amide bonds. The molecule has 0 aliphatic carbocycles. The molecule has 4 nitrogen and oxygen atoms in total. The lowest BCUT2D eigenvalue weighted by Crippen LogP contribution is -2.36. The summed E-state index contributed by atoms with van der Waals surface area (Å²) in [6.07, 6.45) is 0. The largest absolute Gasteiger partial charge is 0.480 e. The molecular formula is C16H14FNO3. The molecule has 0 aromatic heterocycles. The van der Waals surface area contributed by atoms with Crippen molar-refractivity contribution in [2.45, 2.75) is 6.92 Å². The van der Waals surface area contributed by atoms with E-state index >= 15 is 0 Å². The van der Waals surface area contributed by atoms with Gasteiger partial charge in [-0.25, -0.2) is 4.39 Å². The van der Waals surface area contributed by atoms with E-state index < -0.39 is 24.2 Å². The molecule has 0 radical (unpaired) electrons. The van der Waals surface area contributed by atoms with Crippen LogP contribution in [-0.2, 0) is 4.79 Å². The molecule has 0 bridgehead atoms. The summed E-state index contributed by atoms with van der Waals surface area (Å²) in [5, 5.41) is 8.97. The average molecular weight is 287 g/mol. The SMILES string of the molecule is Cc1ccc(C(=O)N(CC(=O)O)c2ccccc2)c(F)c1. The summed E-state index contributed by atoms with van der Waals surface area (Å²) in [6, 6.07) is 12.5. The highest BCUT2D eigenvalue weighted by molar-refractivity contribution is 6.08. The van der Waals surface area contributed by atoms with E-state index in [2.05, 4.69) is 0 Å². The second kappa shape index (κ2) is 6.17. The van der Waals surface area contributed by atoms with Crippen molar-refractivity contribution < 1.29 is 19.1 Å². The molecule has 0 unspecified atom stereocenters. The van der Waals surface area contributed by atoms with Crippen LogP contribution in [-0.4, -0.2) is 23.5 Å². The highest BCUT2D eigenvalue weighted by Gasteiger charge is 2.22. The number of rotatable bonds is 4. The van der Waals surface area contributed by atoms with Gasteiger partial charge in [0, 0.05) is 5.69 Å². The van der Waals surface area contributed by atoms with Crippen LogP contribution in [0.1, 0.15) is 15.9 Å². The van der Waals surface area contributed by atoms with E-state index in [0.717, 1.165) is 4.90 Å². The predicted octanol–water partition coefficient (Wildman–Crippen LogP) is 2.87. The average Bonchev–Trinajstić information content (AvgIpc) is 2.45. The van der Waals surface area contributed by atoms with E-state index in [1.54, 1.807) is 43.3 Å². The van der Waals surface area contributed by atoms with Crippen molar-refractivity contribution in [1.29, 1.82) is 0 Å². The summed E-state index contributed by atoms with van der Waals surface area (Å²) in [6.45, 7) is 1.18. The number of para-hydroxylation sites is 1. The molecule has 0 fully saturated rings. The number of hydrogen-bond acceptors (Lipinski definition) is 2. The fourth-order valence-corrected chi connectivity index (χ4v) is 1.96. The van der Waals surface area contributed by atoms with Gasteiger partial charge in [-0.3, -0.25) is 14.5 Å². The molecule has 0 atom stereocenters. The smallest absolute Gasteiger partial charge is 0.323 e. The summed E-state index contributed by atoms with van der Waals surface area (Å²) >= 11 is 0. The van der Waals surface area contributed by atoms with E-state index in [1.165, 1.54) is 12.1 Å². The molecule has 2 aromatic rings. The Hall–Kier alpha value is -2.69. The Labute approximate surface area is 121 Å². The quantitative estimate of drug-likeness (QED) is 0.940. The normalized spacial score (nSPS) is 10.2. The standard InChI is InChI=1S/C16H14FNO3/c1-11-7-8-13(14(17)9-11)16(21)18(10-15(19)20)12-5-3-2-4-6-12/h2-9H,10H2,1H3,(H,19,20). The van der Waals surface area contributed by atoms with Gasteiger partial charge < -0.3 is 5.11 Å². The van der Waals surface area contributed by atoms with E-state index in [9.17, 15) is 14.0 Å². The summed E-state index contributed by atoms with van der Waals surface area (Å²) < 4.78 is 13.9. The van der Waals surface area contributed by atoms with Crippen LogP contribution >= 0.6 is 0 Å². The molecule has 5 heteroatoms. The maximum atomic E-state index is 13.9. The maximum Gasteiger partial charge on any atom is 0.323 e. The number of halogens is 1. The van der Waals surface area contributed by atoms with E-state index in [-0.39, 0.29) is 5.56 Å². The third kappa shape index (κ3) is 3.45. The van der Waals surface area contributed by atoms with Crippen LogP contribution in [0, 0.1) is 12.7 Å². The zero-order valence-electron chi connectivity index (χ0n) is 11.4. The van der Waals surface area contributed by atoms with Crippen LogP contribution in [0.25, 0.3) is 0 Å². The number of carbonyl (C=O) groups excluding carboxylic acids is 1. The van der Waals surface area contributed by atoms with Crippen molar-refractivity contribution in [1.82, 2.24) is 0 Å². The fourth-order valence-electron chi connectivity index (χ4n) is 1.96. The van der Waals surface area contributed by atoms with Gasteiger partial charge in [0.15, 0.2) is 0 Å². The number of nitrogens with zero attached hydrogens (tertiary/aromatic N) is 1. The first-order valence-electron chi connectivity index (χ1n) is 6.34. The number of amides is 1. The first-order valence-corrected chi connectivity index (χ1v) is 6.34. The van der Waals surface area contributed by atoms with Gasteiger partial charge in [0.25, 0.3) is 5.91 Å². The molecule has 0 aliphatic heterocycles. The van der Waals surface area contributed by atoms with Gasteiger partial charge in [-0.2, -0.15) is 0 Å². The molecule has 0 spiro atoms. The Kier molecular flexibility index (Phi) is 4.33. The molecule has 0 saturated heterocycles. The van der Waals surface area contributed by atoms with Crippen molar-refractivity contribution in [3.8, 4) is 0 Å². The molecule has 2 rings (SSSR count). The lowest BCUT2D eigenvalue weighted by Gasteiger charge is -2.21. The molecule has 21 heavy (non-hydrogen) atoms. The first-order chi connectivity index (χ1) is 9.99. The van der Waals surface area contributed by atoms with Gasteiger partial charge in [-0.05, 0) is 36.8 Å². The highest BCUT2D eigenvalue weighted by Crippen LogP contribution is 2.19. The minimum Gasteiger partial charge on any atom is -0.480 e. The number of carbonyl (C=O) groups is 2. The van der Waals surface area contributed by atoms with E-state index in [0.29, 0.717) is 11.3 Å². The molecule has 0 heterocycles. The van der Waals surface area contributed by atoms with Crippen molar-refractivity contribution >= 4 is 17.6 Å². The van der Waals surface area contributed by atoms with E-state index in [1.807, 2.05) is 0 Å². The minimum absolute atomic E-state index is 0.147. The maximum absolute atomic E-state index is 13.9. The lowest BCUT2D eigenvalue weighted by atomic mass is 10.1. The van der Waals surface area contributed by atoms with Crippen LogP contribution in [0.3, 0.4) is 0 Å². The Morgan fingerprint density at radius 1 is 1.14 bits per heavy atom. The molecule has 0 aliphatic rings. The zero-order valence-corrected chi connectivity index (χ0v) is 11.4. The van der Waals surface area contributed by atoms with Crippen LogP contribution < -0.4 is 4.90 Å². The second-order valence-electron chi connectivity index (χ2n) is 4.60. The third-order valence-corrected chi connectivity index (χ3v) is 2.96. The number of carboxylic acid groups (broad SMARTS) is 1. The van der Waals surface area contributed by atoms with Gasteiger partial charge in [0.2, 0.25) is 0 Å². The van der Waals surface area contributed by atoms with Crippen molar-refractivity contribution in [3.05, 3.63) is 65.5 Å². The molecule has 0 saturated carbocycles. The Bertz CT molecular complexity index is 670. The first kappa shape index (κ1) is 14.7. The highest BCUT2D eigenvalue weighted by atomic mass is 19.1. The Morgan fingerprint density at radius 3 is 2.38 bits per heavy atom. The topological polar surface area (TPSA) is 57.6 Å². The van der Waals surface area contributed by atoms with Crippen LogP contribution in [0.15, 0.2) is 48.5 Å². The summed E-state index contributed by atoms with van der Waals surface area (Å²) in [4.78, 5) is 24.4. The fraction of sp³-hybridized carbons (Fsp3) is 0.125. The van der Waals surface area contributed by atoms with Gasteiger partial charge in [-0.15, -0.1) is 0 Å². The number of anilines is 1. The molecule has 108 valence electrons. The van der Waals surface area contributed by atoms with Gasteiger partial charge in [0.05, 0.1) is 5.56 Å². The summed E-state index contributed by atoms with van der Waals surface area (Å²) in [5.41, 5.74) is 0.948. The molecule has 2 aromatic carbocycles. The number of aryl methyl sites for hydroxylation is 1. The van der Waals surface area contributed by atoms with Crippen molar-refractivity contribution in [3.63, 3.8) is 0 Å². The number of aliphatic carboxylic acids is 1. The summed E-state index contributed by atoms with van der Waals surface area (Å²) in [5.74, 6) is -2.51. The zero-order chi connectivity index (χ0) is 15.4. The van der Waals surface area contributed by atoms with Gasteiger partial charge in [0.1, 0.15) is 12.4 Å². The predicted molar refractivity (Wildman–Crippen MR) is 76.9 cm³/mol. The number of benzene rings is 2. The second-order valence-corrected chi connectivity index (χ2v) is 4.60. The van der Waals surface area contributed by atoms with Crippen LogP contribution in [0.4, 0.5) is 10.1 Å². The Morgan fingerprint density at radius 2 is 1.81 bits per heavy atom. The van der Waals surface area contributed by atoms with E-state index in [4.69, 9.17) is 5.11 Å². The Balaban J connectivity index is 2.41. The number of hydrogen-bond donors (Lipinski definition) is 1. The lowest BCUT2D eigenvalue weighted by molar-refractivity contribution is -0.135. The monoisotopic (exact) mass is 287 g/mol. The van der Waals surface area contributed by atoms with Crippen LogP contribution in [0.5, 0.6) is 0 Å². The van der Waals surface area contributed by atoms with Gasteiger partial charge >= 0.3 is 5.97 Å². The van der Waals surface area contributed by atoms with Crippen LogP contribution in [0.2, 0.25) is 0 Å². The number of carboxylic acids is 1. The van der Waals surface area contributed by atoms with Crippen molar-refractivity contribution in [2.75, 3.05) is 11.4 Å². The molecule has 1 N–H and O–H groups in total. The van der Waals surface area contributed by atoms with Gasteiger partial charge in [-0.1, -0.05) is 24.3 Å². The summed E-state index contributed by atoms with van der Waals surface area (Å²) in [7, 11) is 0. The molecular weight excluding hydrogens is 273 g/mol. The van der Waals surface area contributed by atoms with Crippen molar-refractivity contribution in [2.24, 2.45) is 0 Å².